The minimum absolute atomic E-state index is 0.0128. The summed E-state index contributed by atoms with van der Waals surface area (Å²) in [5, 5.41) is 5.18. The Hall–Kier alpha value is -2.68. The van der Waals surface area contributed by atoms with Crippen LogP contribution < -0.4 is 0 Å². The molecule has 2 atom stereocenters. The van der Waals surface area contributed by atoms with E-state index in [4.69, 9.17) is 9.47 Å². The topological polar surface area (TPSA) is 18.5 Å². The lowest BCUT2D eigenvalue weighted by atomic mass is 9.73. The Balaban J connectivity index is 1.53. The van der Waals surface area contributed by atoms with Crippen LogP contribution in [-0.4, -0.2) is 19.5 Å². The molecule has 1 saturated heterocycles. The van der Waals surface area contributed by atoms with Crippen molar-refractivity contribution in [3.63, 3.8) is 0 Å². The summed E-state index contributed by atoms with van der Waals surface area (Å²) >= 11 is 0. The quantitative estimate of drug-likeness (QED) is 0.354. The van der Waals surface area contributed by atoms with Crippen molar-refractivity contribution in [3.8, 4) is 11.1 Å². The number of rotatable bonds is 3. The number of methoxy groups -OCH3 is 1. The first-order valence-electron chi connectivity index (χ1n) is 11.0. The Bertz CT molecular complexity index is 1170. The molecule has 1 saturated carbocycles. The van der Waals surface area contributed by atoms with E-state index in [1.54, 1.807) is 0 Å². The predicted molar refractivity (Wildman–Crippen MR) is 123 cm³/mol. The Kier molecular flexibility index (Phi) is 4.02. The molecule has 0 amide bonds. The zero-order valence-electron chi connectivity index (χ0n) is 17.4. The fourth-order valence-corrected chi connectivity index (χ4v) is 6.11. The molecule has 0 aromatic heterocycles. The summed E-state index contributed by atoms with van der Waals surface area (Å²) in [6.07, 6.45) is 4.32. The van der Waals surface area contributed by atoms with Gasteiger partial charge in [-0.2, -0.15) is 0 Å². The molecule has 2 heteroatoms. The molecular weight excluding hydrogens is 368 g/mol. The summed E-state index contributed by atoms with van der Waals surface area (Å²) in [7, 11) is 1.81. The van der Waals surface area contributed by atoms with Crippen LogP contribution in [0, 0.1) is 0 Å². The van der Waals surface area contributed by atoms with E-state index in [-0.39, 0.29) is 5.41 Å². The predicted octanol–water partition coefficient (Wildman–Crippen LogP) is 6.84. The third-order valence-corrected chi connectivity index (χ3v) is 7.53. The molecule has 1 aliphatic carbocycles. The van der Waals surface area contributed by atoms with Crippen LogP contribution in [0.1, 0.15) is 31.2 Å². The largest absolute Gasteiger partial charge is 0.352 e. The van der Waals surface area contributed by atoms with Gasteiger partial charge in [-0.05, 0) is 63.6 Å². The van der Waals surface area contributed by atoms with Crippen LogP contribution in [0.15, 0.2) is 78.9 Å². The smallest absolute Gasteiger partial charge is 0.177 e. The highest BCUT2D eigenvalue weighted by molar-refractivity contribution is 6.12. The Morgan fingerprint density at radius 1 is 0.767 bits per heavy atom. The van der Waals surface area contributed by atoms with E-state index in [0.29, 0.717) is 0 Å². The van der Waals surface area contributed by atoms with Crippen LogP contribution in [-0.2, 0) is 14.9 Å². The highest BCUT2D eigenvalue weighted by atomic mass is 16.7. The minimum Gasteiger partial charge on any atom is -0.352 e. The van der Waals surface area contributed by atoms with E-state index in [1.807, 2.05) is 7.11 Å². The molecule has 4 aromatic rings. The summed E-state index contributed by atoms with van der Waals surface area (Å²) in [6.45, 7) is 0.781. The summed E-state index contributed by atoms with van der Waals surface area (Å²) in [4.78, 5) is 0. The van der Waals surface area contributed by atoms with Gasteiger partial charge in [-0.1, -0.05) is 72.8 Å². The maximum atomic E-state index is 6.18. The van der Waals surface area contributed by atoms with Gasteiger partial charge in [0.25, 0.3) is 0 Å². The molecule has 4 aromatic carbocycles. The van der Waals surface area contributed by atoms with E-state index < -0.39 is 5.79 Å². The zero-order chi connectivity index (χ0) is 20.2. The van der Waals surface area contributed by atoms with Gasteiger partial charge in [0.05, 0.1) is 12.0 Å². The molecule has 1 heterocycles. The second kappa shape index (κ2) is 6.66. The van der Waals surface area contributed by atoms with Crippen molar-refractivity contribution in [3.05, 3.63) is 84.4 Å². The van der Waals surface area contributed by atoms with Gasteiger partial charge in [0.1, 0.15) is 0 Å². The Labute approximate surface area is 177 Å². The highest BCUT2D eigenvalue weighted by Crippen LogP contribution is 2.57. The van der Waals surface area contributed by atoms with Crippen molar-refractivity contribution >= 4 is 21.5 Å². The van der Waals surface area contributed by atoms with Crippen molar-refractivity contribution in [1.29, 1.82) is 0 Å². The van der Waals surface area contributed by atoms with Gasteiger partial charge in [-0.3, -0.25) is 0 Å². The van der Waals surface area contributed by atoms with Crippen molar-refractivity contribution in [2.24, 2.45) is 0 Å². The third-order valence-electron chi connectivity index (χ3n) is 7.53. The molecule has 2 fully saturated rings. The number of fused-ring (bicyclic) bond motifs is 3. The van der Waals surface area contributed by atoms with E-state index >= 15 is 0 Å². The van der Waals surface area contributed by atoms with Crippen LogP contribution in [0.2, 0.25) is 0 Å². The van der Waals surface area contributed by atoms with Gasteiger partial charge in [0.2, 0.25) is 0 Å². The van der Waals surface area contributed by atoms with Crippen LogP contribution in [0.3, 0.4) is 0 Å². The number of hydrogen-bond donors (Lipinski definition) is 0. The average Bonchev–Trinajstić information content (AvgIpc) is 3.34. The lowest BCUT2D eigenvalue weighted by Crippen LogP contribution is -2.45. The molecule has 2 aliphatic rings. The van der Waals surface area contributed by atoms with Gasteiger partial charge in [0.15, 0.2) is 5.79 Å². The SMILES string of the molecule is CO[C@@]12CCC[C@]1(c1ccc(-c3c4ccccc4cc4ccccc34)cc1)CCO2. The van der Waals surface area contributed by atoms with Gasteiger partial charge >= 0.3 is 0 Å². The zero-order valence-corrected chi connectivity index (χ0v) is 17.4. The molecule has 0 spiro atoms. The van der Waals surface area contributed by atoms with Gasteiger partial charge < -0.3 is 9.47 Å². The Morgan fingerprint density at radius 3 is 2.10 bits per heavy atom. The molecule has 2 nitrogen and oxygen atoms in total. The van der Waals surface area contributed by atoms with E-state index in [0.717, 1.165) is 32.3 Å². The normalized spacial score (nSPS) is 25.8. The molecule has 150 valence electrons. The first-order valence-corrected chi connectivity index (χ1v) is 11.0. The first-order chi connectivity index (χ1) is 14.8. The number of benzene rings is 4. The lowest BCUT2D eigenvalue weighted by Gasteiger charge is -2.38. The van der Waals surface area contributed by atoms with E-state index in [2.05, 4.69) is 78.9 Å². The van der Waals surface area contributed by atoms with E-state index in [1.165, 1.54) is 38.2 Å². The fraction of sp³-hybridized carbons (Fsp3) is 0.286. The van der Waals surface area contributed by atoms with Crippen molar-refractivity contribution in [2.45, 2.75) is 36.9 Å². The van der Waals surface area contributed by atoms with Gasteiger partial charge in [-0.15, -0.1) is 0 Å². The molecular formula is C28H26O2. The molecule has 6 rings (SSSR count). The molecule has 0 radical (unpaired) electrons. The number of hydrogen-bond acceptors (Lipinski definition) is 2. The maximum Gasteiger partial charge on any atom is 0.177 e. The molecule has 1 aliphatic heterocycles. The first kappa shape index (κ1) is 18.1. The molecule has 30 heavy (non-hydrogen) atoms. The fourth-order valence-electron chi connectivity index (χ4n) is 6.11. The van der Waals surface area contributed by atoms with Crippen molar-refractivity contribution in [2.75, 3.05) is 13.7 Å². The summed E-state index contributed by atoms with van der Waals surface area (Å²) in [5.74, 6) is -0.444. The highest BCUT2D eigenvalue weighted by Gasteiger charge is 2.60. The average molecular weight is 395 g/mol. The number of ether oxygens (including phenoxy) is 2. The van der Waals surface area contributed by atoms with Crippen LogP contribution >= 0.6 is 0 Å². The monoisotopic (exact) mass is 394 g/mol. The van der Waals surface area contributed by atoms with Crippen molar-refractivity contribution in [1.82, 2.24) is 0 Å². The molecule has 0 N–H and O–H groups in total. The second-order valence-electron chi connectivity index (χ2n) is 8.76. The maximum absolute atomic E-state index is 6.18. The van der Waals surface area contributed by atoms with E-state index in [9.17, 15) is 0 Å². The van der Waals surface area contributed by atoms with Crippen LogP contribution in [0.25, 0.3) is 32.7 Å². The van der Waals surface area contributed by atoms with Crippen LogP contribution in [0.5, 0.6) is 0 Å². The third kappa shape index (κ3) is 2.38. The molecule has 0 bridgehead atoms. The summed E-state index contributed by atoms with van der Waals surface area (Å²) in [5.41, 5.74) is 3.93. The minimum atomic E-state index is -0.444. The van der Waals surface area contributed by atoms with Gasteiger partial charge in [-0.25, -0.2) is 0 Å². The summed E-state index contributed by atoms with van der Waals surface area (Å²) < 4.78 is 12.2. The molecule has 0 unspecified atom stereocenters. The lowest BCUT2D eigenvalue weighted by molar-refractivity contribution is -0.213. The standard InChI is InChI=1S/C28H26O2/c1-29-28-16-6-15-27(28,17-18-30-28)23-13-11-20(12-14-23)26-24-9-4-2-7-21(24)19-22-8-3-5-10-25(22)26/h2-5,7-14,19H,6,15-18H2,1H3/t27-,28-/m1/s1. The Morgan fingerprint density at radius 2 is 1.43 bits per heavy atom. The van der Waals surface area contributed by atoms with Crippen LogP contribution in [0.4, 0.5) is 0 Å². The van der Waals surface area contributed by atoms with Gasteiger partial charge in [0, 0.05) is 13.5 Å². The van der Waals surface area contributed by atoms with Crippen molar-refractivity contribution < 1.29 is 9.47 Å². The second-order valence-corrected chi connectivity index (χ2v) is 8.76. The summed E-state index contributed by atoms with van der Waals surface area (Å²) in [6, 6.07) is 28.9.